The second kappa shape index (κ2) is 5.24. The zero-order chi connectivity index (χ0) is 10.4. The second-order valence-corrected chi connectivity index (χ2v) is 2.78. The standard InChI is InChI=1S/C10H13NO3/c1-8(11-13)9-2-4-10(5-3-9)14-7-6-12/h2-5,12-13H,6-7H2,1H3/b11-8+. The Morgan fingerprint density at radius 3 is 2.50 bits per heavy atom. The van der Waals surface area contributed by atoms with Crippen LogP contribution in [0.2, 0.25) is 0 Å². The fourth-order valence-corrected chi connectivity index (χ4v) is 1.01. The van der Waals surface area contributed by atoms with Gasteiger partial charge in [-0.15, -0.1) is 0 Å². The molecule has 0 heterocycles. The summed E-state index contributed by atoms with van der Waals surface area (Å²) in [6.45, 7) is 1.99. The molecule has 0 saturated carbocycles. The smallest absolute Gasteiger partial charge is 0.119 e. The lowest BCUT2D eigenvalue weighted by Gasteiger charge is -2.04. The number of aliphatic hydroxyl groups is 1. The quantitative estimate of drug-likeness (QED) is 0.432. The van der Waals surface area contributed by atoms with Crippen molar-refractivity contribution < 1.29 is 15.1 Å². The first-order chi connectivity index (χ1) is 6.77. The molecular formula is C10H13NO3. The lowest BCUT2D eigenvalue weighted by atomic mass is 10.1. The maximum Gasteiger partial charge on any atom is 0.119 e. The highest BCUT2D eigenvalue weighted by Gasteiger charge is 1.98. The van der Waals surface area contributed by atoms with Crippen LogP contribution in [0.15, 0.2) is 29.4 Å². The van der Waals surface area contributed by atoms with E-state index in [9.17, 15) is 0 Å². The number of aliphatic hydroxyl groups excluding tert-OH is 1. The summed E-state index contributed by atoms with van der Waals surface area (Å²) in [7, 11) is 0. The third-order valence-electron chi connectivity index (χ3n) is 1.78. The highest BCUT2D eigenvalue weighted by Crippen LogP contribution is 2.12. The van der Waals surface area contributed by atoms with Crippen LogP contribution < -0.4 is 4.74 Å². The van der Waals surface area contributed by atoms with Crippen LogP contribution in [0.3, 0.4) is 0 Å². The summed E-state index contributed by atoms with van der Waals surface area (Å²) in [6.07, 6.45) is 0. The molecule has 76 valence electrons. The summed E-state index contributed by atoms with van der Waals surface area (Å²) in [5, 5.41) is 20.1. The van der Waals surface area contributed by atoms with Crippen LogP contribution in [0, 0.1) is 0 Å². The maximum atomic E-state index is 8.53. The average Bonchev–Trinajstić information content (AvgIpc) is 2.26. The first-order valence-corrected chi connectivity index (χ1v) is 4.30. The Bertz CT molecular complexity index is 306. The van der Waals surface area contributed by atoms with Gasteiger partial charge < -0.3 is 15.1 Å². The third-order valence-corrected chi connectivity index (χ3v) is 1.78. The van der Waals surface area contributed by atoms with Crippen LogP contribution in [0.4, 0.5) is 0 Å². The number of hydrogen-bond donors (Lipinski definition) is 2. The Balaban J connectivity index is 2.68. The molecule has 2 N–H and O–H groups in total. The third kappa shape index (κ3) is 2.74. The van der Waals surface area contributed by atoms with Gasteiger partial charge in [-0.05, 0) is 36.8 Å². The number of rotatable bonds is 4. The molecule has 4 heteroatoms. The van der Waals surface area contributed by atoms with E-state index in [0.29, 0.717) is 11.5 Å². The minimum atomic E-state index is -0.00111. The van der Waals surface area contributed by atoms with Crippen molar-refractivity contribution in [2.24, 2.45) is 5.16 Å². The average molecular weight is 195 g/mol. The summed E-state index contributed by atoms with van der Waals surface area (Å²) < 4.78 is 5.17. The van der Waals surface area contributed by atoms with Gasteiger partial charge in [0.2, 0.25) is 0 Å². The SMILES string of the molecule is C/C(=N\O)c1ccc(OCCO)cc1. The monoisotopic (exact) mass is 195 g/mol. The minimum absolute atomic E-state index is 0.00111. The Kier molecular flexibility index (Phi) is 3.94. The van der Waals surface area contributed by atoms with Gasteiger partial charge in [-0.3, -0.25) is 0 Å². The molecule has 0 unspecified atom stereocenters. The fraction of sp³-hybridized carbons (Fsp3) is 0.300. The van der Waals surface area contributed by atoms with Gasteiger partial charge >= 0.3 is 0 Å². The second-order valence-electron chi connectivity index (χ2n) is 2.78. The van der Waals surface area contributed by atoms with Crippen LogP contribution in [0.25, 0.3) is 0 Å². The van der Waals surface area contributed by atoms with Crippen LogP contribution in [-0.2, 0) is 0 Å². The zero-order valence-electron chi connectivity index (χ0n) is 7.97. The number of oxime groups is 1. The predicted molar refractivity (Wildman–Crippen MR) is 53.0 cm³/mol. The highest BCUT2D eigenvalue weighted by atomic mass is 16.5. The van der Waals surface area contributed by atoms with Gasteiger partial charge in [-0.25, -0.2) is 0 Å². The molecule has 1 aromatic rings. The Hall–Kier alpha value is -1.55. The zero-order valence-corrected chi connectivity index (χ0v) is 7.97. The molecule has 0 fully saturated rings. The van der Waals surface area contributed by atoms with Crippen molar-refractivity contribution in [3.63, 3.8) is 0 Å². The molecule has 0 bridgehead atoms. The Morgan fingerprint density at radius 1 is 1.36 bits per heavy atom. The van der Waals surface area contributed by atoms with E-state index < -0.39 is 0 Å². The molecule has 0 saturated heterocycles. The summed E-state index contributed by atoms with van der Waals surface area (Å²) >= 11 is 0. The molecule has 0 atom stereocenters. The molecular weight excluding hydrogens is 182 g/mol. The van der Waals surface area contributed by atoms with Crippen molar-refractivity contribution in [1.29, 1.82) is 0 Å². The predicted octanol–water partition coefficient (Wildman–Crippen LogP) is 1.26. The van der Waals surface area contributed by atoms with E-state index in [4.69, 9.17) is 15.1 Å². The Labute approximate surface area is 82.4 Å². The van der Waals surface area contributed by atoms with Crippen molar-refractivity contribution in [3.8, 4) is 5.75 Å². The lowest BCUT2D eigenvalue weighted by molar-refractivity contribution is 0.201. The van der Waals surface area contributed by atoms with Gasteiger partial charge in [-0.1, -0.05) is 5.16 Å². The van der Waals surface area contributed by atoms with Crippen LogP contribution in [-0.4, -0.2) is 29.2 Å². The summed E-state index contributed by atoms with van der Waals surface area (Å²) in [6, 6.07) is 7.11. The fourth-order valence-electron chi connectivity index (χ4n) is 1.01. The molecule has 0 radical (unpaired) electrons. The molecule has 0 spiro atoms. The number of hydrogen-bond acceptors (Lipinski definition) is 4. The number of nitrogens with zero attached hydrogens (tertiary/aromatic N) is 1. The van der Waals surface area contributed by atoms with Crippen molar-refractivity contribution in [2.45, 2.75) is 6.92 Å². The minimum Gasteiger partial charge on any atom is -0.491 e. The van der Waals surface area contributed by atoms with Crippen molar-refractivity contribution >= 4 is 5.71 Å². The topological polar surface area (TPSA) is 62.1 Å². The van der Waals surface area contributed by atoms with Gasteiger partial charge in [0.1, 0.15) is 12.4 Å². The van der Waals surface area contributed by atoms with E-state index >= 15 is 0 Å². The molecule has 1 aromatic carbocycles. The van der Waals surface area contributed by atoms with Crippen LogP contribution in [0.1, 0.15) is 12.5 Å². The molecule has 4 nitrogen and oxygen atoms in total. The van der Waals surface area contributed by atoms with Gasteiger partial charge in [0.25, 0.3) is 0 Å². The van der Waals surface area contributed by atoms with Crippen molar-refractivity contribution in [3.05, 3.63) is 29.8 Å². The normalized spacial score (nSPS) is 11.4. The molecule has 14 heavy (non-hydrogen) atoms. The summed E-state index contributed by atoms with van der Waals surface area (Å²) in [5.41, 5.74) is 1.39. The van der Waals surface area contributed by atoms with E-state index in [1.54, 1.807) is 31.2 Å². The summed E-state index contributed by atoms with van der Waals surface area (Å²) in [4.78, 5) is 0. The van der Waals surface area contributed by atoms with E-state index in [1.165, 1.54) is 0 Å². The van der Waals surface area contributed by atoms with Crippen LogP contribution >= 0.6 is 0 Å². The number of benzene rings is 1. The molecule has 1 rings (SSSR count). The van der Waals surface area contributed by atoms with Crippen molar-refractivity contribution in [2.75, 3.05) is 13.2 Å². The molecule has 0 amide bonds. The molecule has 0 aliphatic carbocycles. The summed E-state index contributed by atoms with van der Waals surface area (Å²) in [5.74, 6) is 0.688. The van der Waals surface area contributed by atoms with Gasteiger partial charge in [-0.2, -0.15) is 0 Å². The van der Waals surface area contributed by atoms with E-state index in [0.717, 1.165) is 5.56 Å². The van der Waals surface area contributed by atoms with Gasteiger partial charge in [0.15, 0.2) is 0 Å². The molecule has 0 aliphatic heterocycles. The molecule has 0 aromatic heterocycles. The van der Waals surface area contributed by atoms with E-state index in [1.807, 2.05) is 0 Å². The lowest BCUT2D eigenvalue weighted by Crippen LogP contribution is -2.02. The van der Waals surface area contributed by atoms with Gasteiger partial charge in [0, 0.05) is 0 Å². The molecule has 0 aliphatic rings. The van der Waals surface area contributed by atoms with Crippen LogP contribution in [0.5, 0.6) is 5.75 Å². The number of ether oxygens (including phenoxy) is 1. The van der Waals surface area contributed by atoms with Crippen molar-refractivity contribution in [1.82, 2.24) is 0 Å². The largest absolute Gasteiger partial charge is 0.491 e. The maximum absolute atomic E-state index is 8.53. The van der Waals surface area contributed by atoms with Gasteiger partial charge in [0.05, 0.1) is 12.3 Å². The highest BCUT2D eigenvalue weighted by molar-refractivity contribution is 5.98. The Morgan fingerprint density at radius 2 is 2.00 bits per heavy atom. The first-order valence-electron chi connectivity index (χ1n) is 4.30. The van der Waals surface area contributed by atoms with E-state index in [2.05, 4.69) is 5.16 Å². The first kappa shape index (κ1) is 10.5. The van der Waals surface area contributed by atoms with E-state index in [-0.39, 0.29) is 13.2 Å².